The smallest absolute Gasteiger partial charge is 0.0600 e. The van der Waals surface area contributed by atoms with Crippen LogP contribution < -0.4 is 0 Å². The standard InChI is InChI=1S/C15H40N4Si2/c1-16(2)11-18(14-20(5,6)7)13-19(12-17(3)4)15-21(8,9)10/h11-15H2,1-10H3. The van der Waals surface area contributed by atoms with Gasteiger partial charge in [0.2, 0.25) is 0 Å². The third-order valence-corrected chi connectivity index (χ3v) is 5.55. The van der Waals surface area contributed by atoms with Gasteiger partial charge in [0.1, 0.15) is 0 Å². The fourth-order valence-corrected chi connectivity index (χ4v) is 5.80. The van der Waals surface area contributed by atoms with Crippen LogP contribution in [0.5, 0.6) is 0 Å². The highest BCUT2D eigenvalue weighted by Gasteiger charge is 2.24. The molecule has 0 heterocycles. The van der Waals surface area contributed by atoms with Crippen LogP contribution in [0.4, 0.5) is 0 Å². The molecular formula is C15H40N4Si2. The van der Waals surface area contributed by atoms with Crippen molar-refractivity contribution in [3.05, 3.63) is 0 Å². The summed E-state index contributed by atoms with van der Waals surface area (Å²) in [5.41, 5.74) is 0. The third kappa shape index (κ3) is 13.6. The molecule has 0 aromatic carbocycles. The second-order valence-electron chi connectivity index (χ2n) is 9.36. The Kier molecular flexibility index (Phi) is 8.90. The molecule has 0 aliphatic heterocycles. The van der Waals surface area contributed by atoms with Crippen LogP contribution in [0.15, 0.2) is 0 Å². The molecule has 0 aliphatic carbocycles. The van der Waals surface area contributed by atoms with Crippen LogP contribution in [0, 0.1) is 0 Å². The van der Waals surface area contributed by atoms with Crippen molar-refractivity contribution in [1.29, 1.82) is 0 Å². The molecule has 0 unspecified atom stereocenters. The van der Waals surface area contributed by atoms with Crippen molar-refractivity contribution in [2.45, 2.75) is 39.3 Å². The van der Waals surface area contributed by atoms with Crippen molar-refractivity contribution in [3.63, 3.8) is 0 Å². The zero-order valence-corrected chi connectivity index (χ0v) is 18.3. The van der Waals surface area contributed by atoms with Gasteiger partial charge in [0.05, 0.1) is 36.2 Å². The molecule has 0 fully saturated rings. The number of hydrogen-bond donors (Lipinski definition) is 0. The Balaban J connectivity index is 4.83. The molecule has 0 rings (SSSR count). The number of hydrogen-bond acceptors (Lipinski definition) is 4. The molecule has 0 bridgehead atoms. The minimum absolute atomic E-state index is 1.06. The van der Waals surface area contributed by atoms with E-state index in [1.165, 1.54) is 12.3 Å². The number of nitrogens with zero attached hydrogens (tertiary/aromatic N) is 4. The summed E-state index contributed by atoms with van der Waals surface area (Å²) in [5, 5.41) is 0. The summed E-state index contributed by atoms with van der Waals surface area (Å²) in [7, 11) is 6.53. The summed E-state index contributed by atoms with van der Waals surface area (Å²) in [6, 6.07) is 0. The van der Waals surface area contributed by atoms with E-state index in [1.54, 1.807) is 0 Å². The molecule has 128 valence electrons. The molecule has 0 spiro atoms. The normalized spacial score (nSPS) is 14.0. The molecule has 0 atom stereocenters. The molecule has 6 heteroatoms. The maximum atomic E-state index is 2.63. The largest absolute Gasteiger partial charge is 0.297 e. The maximum Gasteiger partial charge on any atom is 0.0600 e. The molecule has 0 saturated heterocycles. The van der Waals surface area contributed by atoms with E-state index < -0.39 is 16.1 Å². The summed E-state index contributed by atoms with van der Waals surface area (Å²) in [6.07, 6.45) is 2.53. The molecule has 0 amide bonds. The van der Waals surface area contributed by atoms with E-state index in [1.807, 2.05) is 0 Å². The molecule has 0 aliphatic rings. The van der Waals surface area contributed by atoms with E-state index in [2.05, 4.69) is 87.1 Å². The van der Waals surface area contributed by atoms with Gasteiger partial charge in [0.25, 0.3) is 0 Å². The van der Waals surface area contributed by atoms with Crippen LogP contribution in [-0.2, 0) is 0 Å². The summed E-state index contributed by atoms with van der Waals surface area (Å²) in [4.78, 5) is 9.86. The Bertz CT molecular complexity index is 254. The molecule has 0 saturated carbocycles. The first-order valence-corrected chi connectivity index (χ1v) is 15.4. The first kappa shape index (κ1) is 21.3. The average molecular weight is 333 g/mol. The topological polar surface area (TPSA) is 13.0 Å². The molecule has 0 aromatic heterocycles. The Morgan fingerprint density at radius 1 is 0.524 bits per heavy atom. The summed E-state index contributed by atoms with van der Waals surface area (Å²) >= 11 is 0. The molecule has 4 nitrogen and oxygen atoms in total. The van der Waals surface area contributed by atoms with Gasteiger partial charge < -0.3 is 0 Å². The van der Waals surface area contributed by atoms with E-state index in [9.17, 15) is 0 Å². The minimum Gasteiger partial charge on any atom is -0.297 e. The quantitative estimate of drug-likeness (QED) is 0.450. The molecule has 21 heavy (non-hydrogen) atoms. The van der Waals surface area contributed by atoms with Gasteiger partial charge in [-0.3, -0.25) is 19.6 Å². The van der Waals surface area contributed by atoms with Crippen molar-refractivity contribution in [2.24, 2.45) is 0 Å². The van der Waals surface area contributed by atoms with Gasteiger partial charge in [-0.15, -0.1) is 0 Å². The van der Waals surface area contributed by atoms with E-state index in [0.717, 1.165) is 20.0 Å². The first-order chi connectivity index (χ1) is 9.28. The van der Waals surface area contributed by atoms with Crippen LogP contribution in [0.2, 0.25) is 39.3 Å². The third-order valence-electron chi connectivity index (χ3n) is 2.76. The van der Waals surface area contributed by atoms with E-state index in [4.69, 9.17) is 0 Å². The lowest BCUT2D eigenvalue weighted by Crippen LogP contribution is -2.53. The highest BCUT2D eigenvalue weighted by atomic mass is 28.3. The van der Waals surface area contributed by atoms with E-state index >= 15 is 0 Å². The Morgan fingerprint density at radius 2 is 0.810 bits per heavy atom. The SMILES string of the molecule is CN(C)CN(CN(CN(C)C)C[Si](C)(C)C)C[Si](C)(C)C. The Labute approximate surface area is 136 Å². The van der Waals surface area contributed by atoms with Crippen molar-refractivity contribution >= 4 is 16.1 Å². The maximum absolute atomic E-state index is 2.63. The van der Waals surface area contributed by atoms with Crippen molar-refractivity contribution in [3.8, 4) is 0 Å². The first-order valence-electron chi connectivity index (χ1n) is 8.03. The molecule has 0 N–H and O–H groups in total. The zero-order chi connectivity index (χ0) is 16.8. The Morgan fingerprint density at radius 3 is 1.00 bits per heavy atom. The van der Waals surface area contributed by atoms with Gasteiger partial charge in [-0.25, -0.2) is 0 Å². The van der Waals surface area contributed by atoms with Crippen LogP contribution in [0.3, 0.4) is 0 Å². The number of rotatable bonds is 10. The van der Waals surface area contributed by atoms with Crippen molar-refractivity contribution < 1.29 is 0 Å². The van der Waals surface area contributed by atoms with Gasteiger partial charge in [-0.05, 0) is 40.5 Å². The highest BCUT2D eigenvalue weighted by molar-refractivity contribution is 6.76. The fourth-order valence-electron chi connectivity index (χ4n) is 2.71. The van der Waals surface area contributed by atoms with Gasteiger partial charge >= 0.3 is 0 Å². The average Bonchev–Trinajstić information content (AvgIpc) is 2.07. The van der Waals surface area contributed by atoms with Crippen molar-refractivity contribution in [1.82, 2.24) is 19.6 Å². The molecule has 0 aromatic rings. The van der Waals surface area contributed by atoms with Gasteiger partial charge in [-0.2, -0.15) is 0 Å². The zero-order valence-electron chi connectivity index (χ0n) is 16.3. The monoisotopic (exact) mass is 332 g/mol. The van der Waals surface area contributed by atoms with Crippen LogP contribution in [-0.4, -0.2) is 96.3 Å². The second kappa shape index (κ2) is 8.79. The predicted octanol–water partition coefficient (Wildman–Crippen LogP) is 2.34. The minimum atomic E-state index is -1.08. The van der Waals surface area contributed by atoms with Crippen LogP contribution in [0.1, 0.15) is 0 Å². The summed E-state index contributed by atoms with van der Waals surface area (Å²) in [6.45, 7) is 18.0. The fraction of sp³-hybridized carbons (Fsp3) is 1.00. The summed E-state index contributed by atoms with van der Waals surface area (Å²) < 4.78 is 0. The predicted molar refractivity (Wildman–Crippen MR) is 102 cm³/mol. The van der Waals surface area contributed by atoms with Gasteiger partial charge in [-0.1, -0.05) is 39.3 Å². The lowest BCUT2D eigenvalue weighted by Gasteiger charge is -2.38. The second-order valence-corrected chi connectivity index (χ2v) is 20.2. The van der Waals surface area contributed by atoms with Crippen LogP contribution in [0.25, 0.3) is 0 Å². The molecule has 0 radical (unpaired) electrons. The summed E-state index contributed by atoms with van der Waals surface area (Å²) in [5.74, 6) is 0. The Hall–Kier alpha value is 0.274. The highest BCUT2D eigenvalue weighted by Crippen LogP contribution is 2.09. The van der Waals surface area contributed by atoms with Crippen LogP contribution >= 0.6 is 0 Å². The van der Waals surface area contributed by atoms with E-state index in [-0.39, 0.29) is 0 Å². The van der Waals surface area contributed by atoms with Crippen molar-refractivity contribution in [2.75, 3.05) is 60.5 Å². The van der Waals surface area contributed by atoms with E-state index in [0.29, 0.717) is 0 Å². The van der Waals surface area contributed by atoms with Gasteiger partial charge in [0.15, 0.2) is 0 Å². The van der Waals surface area contributed by atoms with Gasteiger partial charge in [0, 0.05) is 0 Å². The lowest BCUT2D eigenvalue weighted by molar-refractivity contribution is 0.0852. The lowest BCUT2D eigenvalue weighted by atomic mass is 10.6. The molecular weight excluding hydrogens is 292 g/mol.